The van der Waals surface area contributed by atoms with E-state index >= 15 is 0 Å². The fourth-order valence-corrected chi connectivity index (χ4v) is 9.16. The number of thiazole rings is 1. The number of benzene rings is 1. The van der Waals surface area contributed by atoms with Crippen molar-refractivity contribution < 1.29 is 17.9 Å². The number of sulfonamides is 1. The predicted octanol–water partition coefficient (Wildman–Crippen LogP) is 5.25. The Bertz CT molecular complexity index is 1470. The van der Waals surface area contributed by atoms with Gasteiger partial charge in [0.25, 0.3) is 0 Å². The smallest absolute Gasteiger partial charge is 0.243 e. The van der Waals surface area contributed by atoms with Gasteiger partial charge in [-0.15, -0.1) is 0 Å². The van der Waals surface area contributed by atoms with Crippen molar-refractivity contribution in [1.29, 1.82) is 0 Å². The number of amides is 1. The summed E-state index contributed by atoms with van der Waals surface area (Å²) in [4.78, 5) is 26.0. The Hall–Kier alpha value is -2.60. The predicted molar refractivity (Wildman–Crippen MR) is 161 cm³/mol. The summed E-state index contributed by atoms with van der Waals surface area (Å²) in [6.07, 6.45) is 8.94. The Morgan fingerprint density at radius 3 is 2.37 bits per heavy atom. The van der Waals surface area contributed by atoms with E-state index in [1.807, 2.05) is 18.2 Å². The highest BCUT2D eigenvalue weighted by molar-refractivity contribution is 7.89. The minimum atomic E-state index is -3.62. The van der Waals surface area contributed by atoms with Crippen LogP contribution in [0.25, 0.3) is 10.3 Å². The van der Waals surface area contributed by atoms with E-state index in [9.17, 15) is 13.2 Å². The number of ether oxygens (including phenoxy) is 1. The molecule has 1 saturated heterocycles. The summed E-state index contributed by atoms with van der Waals surface area (Å²) in [6.45, 7) is 1.83. The van der Waals surface area contributed by atoms with Gasteiger partial charge in [-0.2, -0.15) is 4.31 Å². The molecule has 3 heterocycles. The number of hydrogen-bond donors (Lipinski definition) is 1. The van der Waals surface area contributed by atoms with Gasteiger partial charge in [0, 0.05) is 18.2 Å². The SMILES string of the molecule is COc1ccc2nc(NC(=O)C(CC3CCCC3)c3ccc(S(=O)(=O)N(C4CC4)C4CCN(C)CC4)cc3)sc2n1. The van der Waals surface area contributed by atoms with Gasteiger partial charge >= 0.3 is 0 Å². The number of pyridine rings is 1. The fourth-order valence-electron chi connectivity index (χ4n) is 6.40. The van der Waals surface area contributed by atoms with Crippen LogP contribution in [0.4, 0.5) is 5.13 Å². The first-order valence-electron chi connectivity index (χ1n) is 14.8. The molecule has 0 spiro atoms. The third-order valence-electron chi connectivity index (χ3n) is 8.84. The molecule has 11 heteroatoms. The van der Waals surface area contributed by atoms with Crippen LogP contribution in [0.2, 0.25) is 0 Å². The van der Waals surface area contributed by atoms with Gasteiger partial charge in [-0.3, -0.25) is 4.79 Å². The van der Waals surface area contributed by atoms with Crippen molar-refractivity contribution in [2.24, 2.45) is 5.92 Å². The molecular formula is C30H39N5O4S2. The Kier molecular flexibility index (Phi) is 8.31. The van der Waals surface area contributed by atoms with Crippen molar-refractivity contribution in [2.75, 3.05) is 32.6 Å². The molecule has 1 aliphatic heterocycles. The van der Waals surface area contributed by atoms with Crippen LogP contribution in [-0.4, -0.2) is 72.8 Å². The molecule has 9 nitrogen and oxygen atoms in total. The first-order chi connectivity index (χ1) is 19.8. The summed E-state index contributed by atoms with van der Waals surface area (Å²) in [7, 11) is 0.0404. The zero-order valence-electron chi connectivity index (χ0n) is 23.8. The molecule has 0 bridgehead atoms. The van der Waals surface area contributed by atoms with Gasteiger partial charge in [-0.05, 0) is 81.9 Å². The Morgan fingerprint density at radius 2 is 1.71 bits per heavy atom. The van der Waals surface area contributed by atoms with Gasteiger partial charge in [0.1, 0.15) is 10.3 Å². The van der Waals surface area contributed by atoms with Gasteiger partial charge in [0.05, 0.1) is 17.9 Å². The zero-order chi connectivity index (χ0) is 28.6. The lowest BCUT2D eigenvalue weighted by molar-refractivity contribution is -0.118. The largest absolute Gasteiger partial charge is 0.481 e. The number of carbonyl (C=O) groups is 1. The van der Waals surface area contributed by atoms with E-state index in [0.717, 1.165) is 63.6 Å². The summed E-state index contributed by atoms with van der Waals surface area (Å²) < 4.78 is 34.8. The number of nitrogens with one attached hydrogen (secondary N) is 1. The normalized spacial score (nSPS) is 20.1. The lowest BCUT2D eigenvalue weighted by Crippen LogP contribution is -2.47. The average Bonchev–Trinajstić information content (AvgIpc) is 3.49. The Morgan fingerprint density at radius 1 is 1.02 bits per heavy atom. The molecule has 41 heavy (non-hydrogen) atoms. The number of anilines is 1. The molecular weight excluding hydrogens is 558 g/mol. The third-order valence-corrected chi connectivity index (χ3v) is 11.7. The van der Waals surface area contributed by atoms with Crippen LogP contribution in [0, 0.1) is 5.92 Å². The van der Waals surface area contributed by atoms with Crippen LogP contribution >= 0.6 is 11.3 Å². The Labute approximate surface area is 246 Å². The first-order valence-corrected chi connectivity index (χ1v) is 17.0. The highest BCUT2D eigenvalue weighted by Gasteiger charge is 2.43. The van der Waals surface area contributed by atoms with Gasteiger partial charge < -0.3 is 15.0 Å². The monoisotopic (exact) mass is 597 g/mol. The van der Waals surface area contributed by atoms with E-state index in [1.165, 1.54) is 24.2 Å². The van der Waals surface area contributed by atoms with Gasteiger partial charge in [-0.1, -0.05) is 49.2 Å². The minimum Gasteiger partial charge on any atom is -0.481 e. The molecule has 1 amide bonds. The minimum absolute atomic E-state index is 0.0486. The van der Waals surface area contributed by atoms with Gasteiger partial charge in [-0.25, -0.2) is 18.4 Å². The highest BCUT2D eigenvalue weighted by Crippen LogP contribution is 2.39. The van der Waals surface area contributed by atoms with Crippen molar-refractivity contribution in [1.82, 2.24) is 19.2 Å². The van der Waals surface area contributed by atoms with Gasteiger partial charge in [0.2, 0.25) is 21.8 Å². The van der Waals surface area contributed by atoms with Crippen molar-refractivity contribution in [2.45, 2.75) is 80.7 Å². The van der Waals surface area contributed by atoms with Crippen LogP contribution in [-0.2, 0) is 14.8 Å². The van der Waals surface area contributed by atoms with Crippen LogP contribution in [0.3, 0.4) is 0 Å². The number of piperidine rings is 1. The summed E-state index contributed by atoms with van der Waals surface area (Å²) in [5.74, 6) is 0.469. The second-order valence-electron chi connectivity index (χ2n) is 11.8. The lowest BCUT2D eigenvalue weighted by atomic mass is 9.87. The lowest BCUT2D eigenvalue weighted by Gasteiger charge is -2.36. The molecule has 0 radical (unpaired) electrons. The van der Waals surface area contributed by atoms with Crippen LogP contribution in [0.15, 0.2) is 41.3 Å². The van der Waals surface area contributed by atoms with Crippen molar-refractivity contribution >= 4 is 42.7 Å². The molecule has 1 unspecified atom stereocenters. The molecule has 1 atom stereocenters. The molecule has 1 N–H and O–H groups in total. The number of carbonyl (C=O) groups excluding carboxylic acids is 1. The summed E-state index contributed by atoms with van der Waals surface area (Å²) in [6, 6.07) is 10.8. The molecule has 220 valence electrons. The van der Waals surface area contributed by atoms with E-state index in [1.54, 1.807) is 29.6 Å². The highest BCUT2D eigenvalue weighted by atomic mass is 32.2. The molecule has 6 rings (SSSR count). The maximum atomic E-state index is 13.9. The molecule has 2 aromatic heterocycles. The quantitative estimate of drug-likeness (QED) is 0.340. The second-order valence-corrected chi connectivity index (χ2v) is 14.6. The number of aromatic nitrogens is 2. The second kappa shape index (κ2) is 11.9. The van der Waals surface area contributed by atoms with E-state index in [-0.39, 0.29) is 18.0 Å². The zero-order valence-corrected chi connectivity index (χ0v) is 25.4. The number of methoxy groups -OCH3 is 1. The standard InChI is InChI=1S/C30H39N5O4S2/c1-34-17-15-23(16-18-34)35(22-9-10-22)41(37,38)24-11-7-21(8-12-24)25(19-20-5-3-4-6-20)28(36)33-30-31-26-13-14-27(39-2)32-29(26)40-30/h7-8,11-14,20,22-23,25H,3-6,9-10,15-19H2,1-2H3,(H,31,33,36). The van der Waals surface area contributed by atoms with Crippen molar-refractivity contribution in [3.63, 3.8) is 0 Å². The molecule has 3 aliphatic rings. The average molecular weight is 598 g/mol. The summed E-state index contributed by atoms with van der Waals surface area (Å²) in [5, 5.41) is 3.53. The van der Waals surface area contributed by atoms with Crippen LogP contribution in [0.1, 0.15) is 69.3 Å². The van der Waals surface area contributed by atoms with Crippen LogP contribution < -0.4 is 10.1 Å². The Balaban J connectivity index is 1.23. The maximum Gasteiger partial charge on any atom is 0.243 e. The number of fused-ring (bicyclic) bond motifs is 1. The van der Waals surface area contributed by atoms with Crippen molar-refractivity contribution in [3.05, 3.63) is 42.0 Å². The molecule has 3 aromatic rings. The number of hydrogen-bond acceptors (Lipinski definition) is 8. The van der Waals surface area contributed by atoms with E-state index in [4.69, 9.17) is 4.74 Å². The van der Waals surface area contributed by atoms with Gasteiger partial charge in [0.15, 0.2) is 5.13 Å². The number of nitrogens with zero attached hydrogens (tertiary/aromatic N) is 4. The van der Waals surface area contributed by atoms with E-state index in [0.29, 0.717) is 32.2 Å². The molecule has 2 saturated carbocycles. The molecule has 3 fully saturated rings. The first kappa shape index (κ1) is 28.5. The van der Waals surface area contributed by atoms with Crippen molar-refractivity contribution in [3.8, 4) is 5.88 Å². The molecule has 2 aliphatic carbocycles. The van der Waals surface area contributed by atoms with E-state index in [2.05, 4.69) is 27.2 Å². The van der Waals surface area contributed by atoms with Crippen LogP contribution in [0.5, 0.6) is 5.88 Å². The third kappa shape index (κ3) is 6.28. The number of rotatable bonds is 10. The molecule has 1 aromatic carbocycles. The summed E-state index contributed by atoms with van der Waals surface area (Å²) >= 11 is 1.32. The topological polar surface area (TPSA) is 105 Å². The fraction of sp³-hybridized carbons (Fsp3) is 0.567. The van der Waals surface area contributed by atoms with E-state index < -0.39 is 15.9 Å². The summed E-state index contributed by atoms with van der Waals surface area (Å²) in [5.41, 5.74) is 1.55. The maximum absolute atomic E-state index is 13.9. The number of likely N-dealkylation sites (tertiary alicyclic amines) is 1.